The Morgan fingerprint density at radius 1 is 1.20 bits per heavy atom. The molecule has 1 aliphatic rings. The minimum absolute atomic E-state index is 0.978. The topological polar surface area (TPSA) is 24.4 Å². The van der Waals surface area contributed by atoms with E-state index in [0.717, 1.165) is 24.5 Å². The number of nitrogens with one attached hydrogen (secondary N) is 1. The normalized spacial score (nSPS) is 16.7. The highest BCUT2D eigenvalue weighted by molar-refractivity contribution is 14.1. The van der Waals surface area contributed by atoms with Crippen LogP contribution in [-0.4, -0.2) is 12.4 Å². The first kappa shape index (κ1) is 10.9. The van der Waals surface area contributed by atoms with Crippen LogP contribution in [0.15, 0.2) is 29.3 Å². The van der Waals surface area contributed by atoms with Crippen molar-refractivity contribution in [3.8, 4) is 0 Å². The Kier molecular flexibility index (Phi) is 4.00. The highest BCUT2D eigenvalue weighted by Crippen LogP contribution is 2.15. The summed E-state index contributed by atoms with van der Waals surface area (Å²) in [5, 5.41) is 3.41. The van der Waals surface area contributed by atoms with Crippen LogP contribution in [0, 0.1) is 3.57 Å². The molecule has 1 aliphatic heterocycles. The predicted octanol–water partition coefficient (Wildman–Crippen LogP) is 3.68. The lowest BCUT2D eigenvalue weighted by Crippen LogP contribution is -2.11. The molecule has 0 fully saturated rings. The van der Waals surface area contributed by atoms with Crippen molar-refractivity contribution in [3.63, 3.8) is 0 Å². The van der Waals surface area contributed by atoms with Crippen molar-refractivity contribution in [2.24, 2.45) is 4.99 Å². The summed E-state index contributed by atoms with van der Waals surface area (Å²) in [5.41, 5.74) is 1.16. The second-order valence-electron chi connectivity index (χ2n) is 3.77. The number of hydrogen-bond donors (Lipinski definition) is 1. The molecule has 0 saturated heterocycles. The number of amidine groups is 1. The maximum atomic E-state index is 4.55. The van der Waals surface area contributed by atoms with E-state index in [1.807, 2.05) is 0 Å². The van der Waals surface area contributed by atoms with Gasteiger partial charge in [-0.1, -0.05) is 12.5 Å². The molecule has 80 valence electrons. The van der Waals surface area contributed by atoms with E-state index in [1.54, 1.807) is 0 Å². The zero-order chi connectivity index (χ0) is 10.5. The van der Waals surface area contributed by atoms with Crippen LogP contribution in [0.5, 0.6) is 0 Å². The monoisotopic (exact) mass is 314 g/mol. The van der Waals surface area contributed by atoms with E-state index in [1.165, 1.54) is 22.8 Å². The molecular weight excluding hydrogens is 299 g/mol. The first-order valence-corrected chi connectivity index (χ1v) is 6.48. The SMILES string of the molecule is Ic1cccc(NC2=NCCCCC2)c1. The van der Waals surface area contributed by atoms with Gasteiger partial charge in [-0.15, -0.1) is 0 Å². The quantitative estimate of drug-likeness (QED) is 0.786. The maximum Gasteiger partial charge on any atom is 0.101 e. The summed E-state index contributed by atoms with van der Waals surface area (Å²) < 4.78 is 1.26. The Bertz CT molecular complexity index is 360. The summed E-state index contributed by atoms with van der Waals surface area (Å²) in [7, 11) is 0. The number of aliphatic imine (C=N–C) groups is 1. The molecule has 1 heterocycles. The van der Waals surface area contributed by atoms with Crippen LogP contribution in [-0.2, 0) is 0 Å². The fraction of sp³-hybridized carbons (Fsp3) is 0.417. The summed E-state index contributed by atoms with van der Waals surface area (Å²) in [4.78, 5) is 4.55. The van der Waals surface area contributed by atoms with Crippen LogP contribution in [0.1, 0.15) is 25.7 Å². The van der Waals surface area contributed by atoms with Crippen LogP contribution in [0.25, 0.3) is 0 Å². The molecule has 0 saturated carbocycles. The van der Waals surface area contributed by atoms with Crippen molar-refractivity contribution < 1.29 is 0 Å². The summed E-state index contributed by atoms with van der Waals surface area (Å²) in [5.74, 6) is 1.15. The highest BCUT2D eigenvalue weighted by atomic mass is 127. The van der Waals surface area contributed by atoms with Gasteiger partial charge in [0.25, 0.3) is 0 Å². The third kappa shape index (κ3) is 3.48. The van der Waals surface area contributed by atoms with Gasteiger partial charge in [0.15, 0.2) is 0 Å². The van der Waals surface area contributed by atoms with Gasteiger partial charge in [0.05, 0.1) is 0 Å². The molecule has 0 bridgehead atoms. The molecule has 2 rings (SSSR count). The van der Waals surface area contributed by atoms with E-state index in [-0.39, 0.29) is 0 Å². The fourth-order valence-corrected chi connectivity index (χ4v) is 2.25. The van der Waals surface area contributed by atoms with E-state index in [9.17, 15) is 0 Å². The van der Waals surface area contributed by atoms with Crippen molar-refractivity contribution in [2.75, 3.05) is 11.9 Å². The van der Waals surface area contributed by atoms with Crippen LogP contribution >= 0.6 is 22.6 Å². The molecule has 0 amide bonds. The van der Waals surface area contributed by atoms with Gasteiger partial charge < -0.3 is 5.32 Å². The zero-order valence-electron chi connectivity index (χ0n) is 8.67. The van der Waals surface area contributed by atoms with Gasteiger partial charge in [0.1, 0.15) is 5.84 Å². The van der Waals surface area contributed by atoms with Gasteiger partial charge in [0, 0.05) is 22.2 Å². The molecule has 0 radical (unpaired) electrons. The molecular formula is C12H15IN2. The number of hydrogen-bond acceptors (Lipinski definition) is 2. The molecule has 1 aromatic rings. The second-order valence-corrected chi connectivity index (χ2v) is 5.02. The average Bonchev–Trinajstić information content (AvgIpc) is 2.46. The van der Waals surface area contributed by atoms with Crippen molar-refractivity contribution in [2.45, 2.75) is 25.7 Å². The van der Waals surface area contributed by atoms with Gasteiger partial charge in [0.2, 0.25) is 0 Å². The Morgan fingerprint density at radius 2 is 2.13 bits per heavy atom. The number of anilines is 1. The van der Waals surface area contributed by atoms with E-state index >= 15 is 0 Å². The van der Waals surface area contributed by atoms with Gasteiger partial charge in [-0.3, -0.25) is 4.99 Å². The summed E-state index contributed by atoms with van der Waals surface area (Å²) in [6, 6.07) is 8.41. The first-order valence-electron chi connectivity index (χ1n) is 5.40. The van der Waals surface area contributed by atoms with Crippen LogP contribution in [0.2, 0.25) is 0 Å². The van der Waals surface area contributed by atoms with Crippen LogP contribution < -0.4 is 5.32 Å². The standard InChI is InChI=1S/C12H15IN2/c13-10-5-4-6-11(9-10)15-12-7-2-1-3-8-14-12/h4-6,9H,1-3,7-8H2,(H,14,15). The third-order valence-electron chi connectivity index (χ3n) is 2.49. The molecule has 0 aromatic heterocycles. The van der Waals surface area contributed by atoms with E-state index in [0.29, 0.717) is 0 Å². The van der Waals surface area contributed by atoms with E-state index < -0.39 is 0 Å². The molecule has 0 unspecified atom stereocenters. The van der Waals surface area contributed by atoms with Gasteiger partial charge >= 0.3 is 0 Å². The molecule has 15 heavy (non-hydrogen) atoms. The fourth-order valence-electron chi connectivity index (χ4n) is 1.71. The Morgan fingerprint density at radius 3 is 3.00 bits per heavy atom. The molecule has 1 N–H and O–H groups in total. The van der Waals surface area contributed by atoms with Crippen molar-refractivity contribution in [1.82, 2.24) is 0 Å². The maximum absolute atomic E-state index is 4.55. The minimum atomic E-state index is 0.978. The summed E-state index contributed by atoms with van der Waals surface area (Å²) >= 11 is 2.33. The molecule has 3 heteroatoms. The number of rotatable bonds is 1. The minimum Gasteiger partial charge on any atom is -0.344 e. The Labute approximate surface area is 104 Å². The van der Waals surface area contributed by atoms with Gasteiger partial charge in [-0.2, -0.15) is 0 Å². The Hall–Kier alpha value is -0.580. The molecule has 0 atom stereocenters. The lowest BCUT2D eigenvalue weighted by atomic mass is 10.2. The Balaban J connectivity index is 2.04. The predicted molar refractivity (Wildman–Crippen MR) is 73.6 cm³/mol. The first-order chi connectivity index (χ1) is 7.34. The molecule has 0 aliphatic carbocycles. The number of benzene rings is 1. The largest absolute Gasteiger partial charge is 0.344 e. The van der Waals surface area contributed by atoms with Crippen molar-refractivity contribution in [1.29, 1.82) is 0 Å². The lowest BCUT2D eigenvalue weighted by Gasteiger charge is -2.08. The van der Waals surface area contributed by atoms with Crippen molar-refractivity contribution in [3.05, 3.63) is 27.8 Å². The van der Waals surface area contributed by atoms with Gasteiger partial charge in [-0.05, 0) is 53.6 Å². The van der Waals surface area contributed by atoms with Gasteiger partial charge in [-0.25, -0.2) is 0 Å². The van der Waals surface area contributed by atoms with E-state index in [2.05, 4.69) is 57.2 Å². The molecule has 2 nitrogen and oxygen atoms in total. The summed E-state index contributed by atoms with van der Waals surface area (Å²) in [6.45, 7) is 0.978. The van der Waals surface area contributed by atoms with E-state index in [4.69, 9.17) is 0 Å². The second kappa shape index (κ2) is 5.49. The smallest absolute Gasteiger partial charge is 0.101 e. The van der Waals surface area contributed by atoms with Crippen LogP contribution in [0.3, 0.4) is 0 Å². The highest BCUT2D eigenvalue weighted by Gasteiger charge is 2.04. The number of halogens is 1. The zero-order valence-corrected chi connectivity index (χ0v) is 10.8. The third-order valence-corrected chi connectivity index (χ3v) is 3.16. The summed E-state index contributed by atoms with van der Waals surface area (Å²) in [6.07, 6.45) is 4.89. The molecule has 1 aromatic carbocycles. The average molecular weight is 314 g/mol. The number of nitrogens with zero attached hydrogens (tertiary/aromatic N) is 1. The molecule has 0 spiro atoms. The lowest BCUT2D eigenvalue weighted by molar-refractivity contribution is 0.731. The van der Waals surface area contributed by atoms with Crippen molar-refractivity contribution >= 4 is 34.1 Å². The van der Waals surface area contributed by atoms with Crippen LogP contribution in [0.4, 0.5) is 5.69 Å².